The number of aryl methyl sites for hydroxylation is 1. The lowest BCUT2D eigenvalue weighted by Crippen LogP contribution is -2.21. The molecule has 1 rings (SSSR count). The summed E-state index contributed by atoms with van der Waals surface area (Å²) in [7, 11) is 0. The molecule has 4 heteroatoms. The quantitative estimate of drug-likeness (QED) is 0.505. The fourth-order valence-corrected chi connectivity index (χ4v) is 1.20. The molecule has 0 atom stereocenters. The molecular weight excluding hydrogens is 267 g/mol. The summed E-state index contributed by atoms with van der Waals surface area (Å²) in [6, 6.07) is 3.47. The lowest BCUT2D eigenvalue weighted by molar-refractivity contribution is 0.0962. The maximum atomic E-state index is 11.3. The second kappa shape index (κ2) is 4.39. The van der Waals surface area contributed by atoms with Crippen molar-refractivity contribution >= 4 is 28.5 Å². The highest BCUT2D eigenvalue weighted by molar-refractivity contribution is 14.1. The molecule has 0 saturated heterocycles. The molecule has 0 aliphatic rings. The molecule has 64 valence electrons. The Morgan fingerprint density at radius 1 is 1.75 bits per heavy atom. The molecule has 0 fully saturated rings. The number of alkyl halides is 1. The number of pyridine rings is 1. The first-order valence-electron chi connectivity index (χ1n) is 3.51. The van der Waals surface area contributed by atoms with E-state index < -0.39 is 0 Å². The van der Waals surface area contributed by atoms with Crippen LogP contribution < -0.4 is 5.32 Å². The molecule has 0 bridgehead atoms. The van der Waals surface area contributed by atoms with E-state index >= 15 is 0 Å². The van der Waals surface area contributed by atoms with Gasteiger partial charge in [0.1, 0.15) is 0 Å². The predicted molar refractivity (Wildman–Crippen MR) is 55.3 cm³/mol. The number of nitrogens with zero attached hydrogens (tertiary/aromatic N) is 1. The Kier molecular flexibility index (Phi) is 3.46. The molecule has 0 aliphatic heterocycles. The normalized spacial score (nSPS) is 9.50. The summed E-state index contributed by atoms with van der Waals surface area (Å²) in [5.41, 5.74) is 1.52. The molecule has 0 saturated carbocycles. The van der Waals surface area contributed by atoms with E-state index in [1.165, 1.54) is 0 Å². The van der Waals surface area contributed by atoms with Crippen LogP contribution in [-0.4, -0.2) is 15.4 Å². The first-order chi connectivity index (χ1) is 5.74. The van der Waals surface area contributed by atoms with E-state index in [2.05, 4.69) is 32.9 Å². The second-order valence-electron chi connectivity index (χ2n) is 2.33. The van der Waals surface area contributed by atoms with Crippen LogP contribution in [-0.2, 0) is 0 Å². The van der Waals surface area contributed by atoms with Crippen LogP contribution >= 0.6 is 22.6 Å². The van der Waals surface area contributed by atoms with Gasteiger partial charge < -0.3 is 5.32 Å². The number of amides is 1. The number of aromatic nitrogens is 1. The van der Waals surface area contributed by atoms with Crippen molar-refractivity contribution in [3.63, 3.8) is 0 Å². The van der Waals surface area contributed by atoms with Crippen LogP contribution in [0.1, 0.15) is 16.1 Å². The number of halogens is 1. The fourth-order valence-electron chi connectivity index (χ4n) is 0.850. The average Bonchev–Trinajstić information content (AvgIpc) is 2.05. The maximum Gasteiger partial charge on any atom is 0.252 e. The SMILES string of the molecule is Cc1cc(C(=O)NCI)ccn1. The highest BCUT2D eigenvalue weighted by atomic mass is 127. The van der Waals surface area contributed by atoms with E-state index in [0.29, 0.717) is 10.1 Å². The van der Waals surface area contributed by atoms with Crippen molar-refractivity contribution in [1.82, 2.24) is 10.3 Å². The van der Waals surface area contributed by atoms with Gasteiger partial charge in [0.25, 0.3) is 5.91 Å². The smallest absolute Gasteiger partial charge is 0.252 e. The number of hydrogen-bond acceptors (Lipinski definition) is 2. The third-order valence-corrected chi connectivity index (χ3v) is 1.77. The van der Waals surface area contributed by atoms with Gasteiger partial charge >= 0.3 is 0 Å². The Bertz CT molecular complexity index is 288. The molecular formula is C8H9IN2O. The van der Waals surface area contributed by atoms with E-state index in [1.54, 1.807) is 18.3 Å². The van der Waals surface area contributed by atoms with Crippen molar-refractivity contribution in [2.45, 2.75) is 6.92 Å². The van der Waals surface area contributed by atoms with Gasteiger partial charge in [0.2, 0.25) is 0 Å². The summed E-state index contributed by atoms with van der Waals surface area (Å²) < 4.78 is 0.623. The Balaban J connectivity index is 2.81. The van der Waals surface area contributed by atoms with E-state index in [-0.39, 0.29) is 5.91 Å². The van der Waals surface area contributed by atoms with E-state index in [1.807, 2.05) is 6.92 Å². The third-order valence-electron chi connectivity index (χ3n) is 1.39. The van der Waals surface area contributed by atoms with Crippen molar-refractivity contribution in [2.75, 3.05) is 4.55 Å². The molecule has 1 amide bonds. The van der Waals surface area contributed by atoms with Gasteiger partial charge in [0.15, 0.2) is 0 Å². The minimum Gasteiger partial charge on any atom is -0.343 e. The molecule has 12 heavy (non-hydrogen) atoms. The van der Waals surface area contributed by atoms with Crippen LogP contribution in [0.2, 0.25) is 0 Å². The highest BCUT2D eigenvalue weighted by Gasteiger charge is 2.02. The summed E-state index contributed by atoms with van der Waals surface area (Å²) in [6.07, 6.45) is 1.64. The van der Waals surface area contributed by atoms with Gasteiger partial charge in [-0.25, -0.2) is 0 Å². The number of carbonyl (C=O) groups excluding carboxylic acids is 1. The van der Waals surface area contributed by atoms with Gasteiger partial charge in [0.05, 0.1) is 4.55 Å². The average molecular weight is 276 g/mol. The van der Waals surface area contributed by atoms with Crippen molar-refractivity contribution in [1.29, 1.82) is 0 Å². The predicted octanol–water partition coefficient (Wildman–Crippen LogP) is 1.51. The molecule has 0 unspecified atom stereocenters. The van der Waals surface area contributed by atoms with Gasteiger partial charge in [-0.2, -0.15) is 0 Å². The van der Waals surface area contributed by atoms with E-state index in [0.717, 1.165) is 5.69 Å². The standard InChI is InChI=1S/C8H9IN2O/c1-6-4-7(2-3-10-6)8(12)11-5-9/h2-4H,5H2,1H3,(H,11,12). The van der Waals surface area contributed by atoms with Gasteiger partial charge in [-0.15, -0.1) is 0 Å². The zero-order chi connectivity index (χ0) is 8.97. The summed E-state index contributed by atoms with van der Waals surface area (Å²) in [5.74, 6) is -0.0464. The topological polar surface area (TPSA) is 42.0 Å². The lowest BCUT2D eigenvalue weighted by atomic mass is 10.2. The van der Waals surface area contributed by atoms with Crippen LogP contribution in [0.5, 0.6) is 0 Å². The third kappa shape index (κ3) is 2.44. The Hall–Kier alpha value is -0.650. The minimum atomic E-state index is -0.0464. The number of nitrogens with one attached hydrogen (secondary N) is 1. The van der Waals surface area contributed by atoms with E-state index in [4.69, 9.17) is 0 Å². The summed E-state index contributed by atoms with van der Waals surface area (Å²) in [6.45, 7) is 1.86. The van der Waals surface area contributed by atoms with Crippen molar-refractivity contribution in [3.8, 4) is 0 Å². The number of hydrogen-bond donors (Lipinski definition) is 1. The zero-order valence-corrected chi connectivity index (χ0v) is 8.83. The molecule has 0 aliphatic carbocycles. The summed E-state index contributed by atoms with van der Waals surface area (Å²) in [5, 5.41) is 2.71. The molecule has 1 aromatic rings. The van der Waals surface area contributed by atoms with Crippen LogP contribution in [0.15, 0.2) is 18.3 Å². The first kappa shape index (κ1) is 9.44. The number of carbonyl (C=O) groups is 1. The van der Waals surface area contributed by atoms with Crippen LogP contribution in [0, 0.1) is 6.92 Å². The molecule has 3 nitrogen and oxygen atoms in total. The summed E-state index contributed by atoms with van der Waals surface area (Å²) >= 11 is 2.09. The first-order valence-corrected chi connectivity index (χ1v) is 5.03. The van der Waals surface area contributed by atoms with Crippen molar-refractivity contribution < 1.29 is 4.79 Å². The monoisotopic (exact) mass is 276 g/mol. The van der Waals surface area contributed by atoms with Crippen molar-refractivity contribution in [2.24, 2.45) is 0 Å². The minimum absolute atomic E-state index is 0.0464. The van der Waals surface area contributed by atoms with Gasteiger partial charge in [-0.1, -0.05) is 22.6 Å². The summed E-state index contributed by atoms with van der Waals surface area (Å²) in [4.78, 5) is 15.3. The maximum absolute atomic E-state index is 11.3. The Morgan fingerprint density at radius 3 is 3.08 bits per heavy atom. The fraction of sp³-hybridized carbons (Fsp3) is 0.250. The van der Waals surface area contributed by atoms with Crippen LogP contribution in [0.3, 0.4) is 0 Å². The Labute approximate surface area is 84.7 Å². The number of rotatable bonds is 2. The van der Waals surface area contributed by atoms with Gasteiger partial charge in [-0.3, -0.25) is 9.78 Å². The molecule has 1 aromatic heterocycles. The lowest BCUT2D eigenvalue weighted by Gasteiger charge is -2.00. The molecule has 0 aromatic carbocycles. The second-order valence-corrected chi connectivity index (χ2v) is 3.09. The van der Waals surface area contributed by atoms with E-state index in [9.17, 15) is 4.79 Å². The van der Waals surface area contributed by atoms with Gasteiger partial charge in [0, 0.05) is 17.5 Å². The molecule has 0 radical (unpaired) electrons. The van der Waals surface area contributed by atoms with Crippen LogP contribution in [0.4, 0.5) is 0 Å². The van der Waals surface area contributed by atoms with Crippen LogP contribution in [0.25, 0.3) is 0 Å². The molecule has 1 heterocycles. The van der Waals surface area contributed by atoms with Gasteiger partial charge in [-0.05, 0) is 19.1 Å². The Morgan fingerprint density at radius 2 is 2.50 bits per heavy atom. The largest absolute Gasteiger partial charge is 0.343 e. The zero-order valence-electron chi connectivity index (χ0n) is 6.67. The molecule has 1 N–H and O–H groups in total. The van der Waals surface area contributed by atoms with Crippen molar-refractivity contribution in [3.05, 3.63) is 29.6 Å². The highest BCUT2D eigenvalue weighted by Crippen LogP contribution is 2.00. The molecule has 0 spiro atoms.